The van der Waals surface area contributed by atoms with Gasteiger partial charge >= 0.3 is 0 Å². The Balaban J connectivity index is 2.99. The van der Waals surface area contributed by atoms with Crippen molar-refractivity contribution in [2.24, 2.45) is 0 Å². The number of rotatable bonds is 3. The molecule has 0 N–H and O–H groups in total. The second-order valence-electron chi connectivity index (χ2n) is 2.59. The van der Waals surface area contributed by atoms with E-state index >= 15 is 0 Å². The number of aldehydes is 1. The van der Waals surface area contributed by atoms with Gasteiger partial charge in [0.2, 0.25) is 0 Å². The number of terminal acetylenes is 1. The van der Waals surface area contributed by atoms with E-state index in [2.05, 4.69) is 10.9 Å². The van der Waals surface area contributed by atoms with Crippen LogP contribution in [0.3, 0.4) is 0 Å². The molecule has 0 spiro atoms. The molecule has 1 aromatic heterocycles. The van der Waals surface area contributed by atoms with Crippen LogP contribution >= 0.6 is 0 Å². The molecular formula is C10H10N2O. The summed E-state index contributed by atoms with van der Waals surface area (Å²) in [5, 5.41) is 0. The van der Waals surface area contributed by atoms with Crippen LogP contribution in [0.4, 0.5) is 5.82 Å². The number of pyridine rings is 1. The van der Waals surface area contributed by atoms with Crippen molar-refractivity contribution >= 4 is 12.1 Å². The van der Waals surface area contributed by atoms with Gasteiger partial charge in [0, 0.05) is 13.2 Å². The van der Waals surface area contributed by atoms with Gasteiger partial charge in [0.25, 0.3) is 0 Å². The van der Waals surface area contributed by atoms with E-state index < -0.39 is 0 Å². The lowest BCUT2D eigenvalue weighted by Crippen LogP contribution is -2.19. The monoisotopic (exact) mass is 174 g/mol. The van der Waals surface area contributed by atoms with Crippen molar-refractivity contribution < 1.29 is 4.79 Å². The molecule has 0 fully saturated rings. The van der Waals surface area contributed by atoms with E-state index in [1.807, 2.05) is 0 Å². The Kier molecular flexibility index (Phi) is 3.04. The van der Waals surface area contributed by atoms with Crippen molar-refractivity contribution in [1.82, 2.24) is 4.98 Å². The minimum atomic E-state index is 0.442. The van der Waals surface area contributed by atoms with Crippen molar-refractivity contribution in [2.75, 3.05) is 18.5 Å². The maximum Gasteiger partial charge on any atom is 0.153 e. The Labute approximate surface area is 77.4 Å². The van der Waals surface area contributed by atoms with Crippen LogP contribution in [0.25, 0.3) is 0 Å². The summed E-state index contributed by atoms with van der Waals surface area (Å²) in [5.74, 6) is 3.11. The maximum atomic E-state index is 10.6. The van der Waals surface area contributed by atoms with Gasteiger partial charge in [-0.1, -0.05) is 5.92 Å². The average Bonchev–Trinajstić information content (AvgIpc) is 2.18. The molecule has 1 aromatic rings. The second kappa shape index (κ2) is 4.27. The van der Waals surface area contributed by atoms with E-state index in [0.717, 1.165) is 6.29 Å². The number of hydrogen-bond acceptors (Lipinski definition) is 3. The molecule has 0 aliphatic rings. The smallest absolute Gasteiger partial charge is 0.153 e. The summed E-state index contributed by atoms with van der Waals surface area (Å²) in [6.45, 7) is 0.442. The second-order valence-corrected chi connectivity index (χ2v) is 2.59. The minimum absolute atomic E-state index is 0.442. The predicted molar refractivity (Wildman–Crippen MR) is 51.7 cm³/mol. The zero-order valence-corrected chi connectivity index (χ0v) is 7.40. The lowest BCUT2D eigenvalue weighted by molar-refractivity contribution is 0.112. The van der Waals surface area contributed by atoms with Gasteiger partial charge in [0.05, 0.1) is 12.1 Å². The standard InChI is InChI=1S/C10H10N2O/c1-3-7-12(2)10-9(8-13)5-4-6-11-10/h1,4-6,8H,7H2,2H3. The van der Waals surface area contributed by atoms with Crippen molar-refractivity contribution in [3.8, 4) is 12.3 Å². The predicted octanol–water partition coefficient (Wildman–Crippen LogP) is 0.964. The fourth-order valence-corrected chi connectivity index (χ4v) is 1.03. The third kappa shape index (κ3) is 2.06. The third-order valence-corrected chi connectivity index (χ3v) is 1.63. The number of carbonyl (C=O) groups is 1. The fourth-order valence-electron chi connectivity index (χ4n) is 1.03. The summed E-state index contributed by atoms with van der Waals surface area (Å²) < 4.78 is 0. The third-order valence-electron chi connectivity index (χ3n) is 1.63. The van der Waals surface area contributed by atoms with Crippen LogP contribution in [0, 0.1) is 12.3 Å². The highest BCUT2D eigenvalue weighted by molar-refractivity contribution is 5.82. The largest absolute Gasteiger partial charge is 0.348 e. The van der Waals surface area contributed by atoms with Crippen LogP contribution in [0.1, 0.15) is 10.4 Å². The van der Waals surface area contributed by atoms with Gasteiger partial charge in [-0.15, -0.1) is 6.42 Å². The van der Waals surface area contributed by atoms with E-state index in [1.54, 1.807) is 30.3 Å². The van der Waals surface area contributed by atoms with Crippen LogP contribution in [0.2, 0.25) is 0 Å². The highest BCUT2D eigenvalue weighted by Crippen LogP contribution is 2.12. The molecule has 0 amide bonds. The van der Waals surface area contributed by atoms with Gasteiger partial charge in [0.1, 0.15) is 5.82 Å². The van der Waals surface area contributed by atoms with E-state index in [0.29, 0.717) is 17.9 Å². The molecule has 0 bridgehead atoms. The number of nitrogens with zero attached hydrogens (tertiary/aromatic N) is 2. The molecule has 0 unspecified atom stereocenters. The normalized spacial score (nSPS) is 8.92. The van der Waals surface area contributed by atoms with Gasteiger partial charge in [0.15, 0.2) is 6.29 Å². The molecule has 1 heterocycles. The number of hydrogen-bond donors (Lipinski definition) is 0. The number of carbonyl (C=O) groups excluding carboxylic acids is 1. The van der Waals surface area contributed by atoms with Crippen LogP contribution in [0.5, 0.6) is 0 Å². The molecule has 0 saturated heterocycles. The van der Waals surface area contributed by atoms with E-state index in [4.69, 9.17) is 6.42 Å². The SMILES string of the molecule is C#CCN(C)c1ncccc1C=O. The topological polar surface area (TPSA) is 33.2 Å². The molecule has 3 heteroatoms. The fraction of sp³-hybridized carbons (Fsp3) is 0.200. The zero-order valence-electron chi connectivity index (χ0n) is 7.40. The van der Waals surface area contributed by atoms with Gasteiger partial charge in [-0.05, 0) is 12.1 Å². The summed E-state index contributed by atoms with van der Waals surface area (Å²) in [7, 11) is 1.80. The number of aromatic nitrogens is 1. The van der Waals surface area contributed by atoms with E-state index in [1.165, 1.54) is 0 Å². The van der Waals surface area contributed by atoms with E-state index in [-0.39, 0.29) is 0 Å². The Morgan fingerprint density at radius 1 is 1.77 bits per heavy atom. The molecule has 3 nitrogen and oxygen atoms in total. The molecule has 0 saturated carbocycles. The lowest BCUT2D eigenvalue weighted by atomic mass is 10.2. The molecule has 1 rings (SSSR count). The first-order chi connectivity index (χ1) is 6.29. The Morgan fingerprint density at radius 3 is 3.15 bits per heavy atom. The van der Waals surface area contributed by atoms with Gasteiger partial charge in [-0.2, -0.15) is 0 Å². The number of anilines is 1. The first-order valence-electron chi connectivity index (χ1n) is 3.84. The Hall–Kier alpha value is -1.82. The molecule has 13 heavy (non-hydrogen) atoms. The molecule has 66 valence electrons. The molecule has 0 aliphatic carbocycles. The first kappa shape index (κ1) is 9.27. The van der Waals surface area contributed by atoms with Gasteiger partial charge in [-0.3, -0.25) is 4.79 Å². The van der Waals surface area contributed by atoms with Gasteiger partial charge < -0.3 is 4.90 Å². The van der Waals surface area contributed by atoms with Crippen molar-refractivity contribution in [1.29, 1.82) is 0 Å². The maximum absolute atomic E-state index is 10.6. The van der Waals surface area contributed by atoms with Gasteiger partial charge in [-0.25, -0.2) is 4.98 Å². The quantitative estimate of drug-likeness (QED) is 0.505. The average molecular weight is 174 g/mol. The summed E-state index contributed by atoms with van der Waals surface area (Å²) in [4.78, 5) is 16.4. The summed E-state index contributed by atoms with van der Waals surface area (Å²) in [6, 6.07) is 3.43. The Morgan fingerprint density at radius 2 is 2.54 bits per heavy atom. The van der Waals surface area contributed by atoms with Crippen molar-refractivity contribution in [3.05, 3.63) is 23.9 Å². The van der Waals surface area contributed by atoms with Crippen LogP contribution in [0.15, 0.2) is 18.3 Å². The van der Waals surface area contributed by atoms with E-state index in [9.17, 15) is 4.79 Å². The first-order valence-corrected chi connectivity index (χ1v) is 3.84. The molecular weight excluding hydrogens is 164 g/mol. The molecule has 0 aliphatic heterocycles. The molecule has 0 radical (unpaired) electrons. The zero-order chi connectivity index (χ0) is 9.68. The van der Waals surface area contributed by atoms with Crippen LogP contribution < -0.4 is 4.90 Å². The highest BCUT2D eigenvalue weighted by Gasteiger charge is 2.05. The molecule has 0 atom stereocenters. The van der Waals surface area contributed by atoms with Crippen molar-refractivity contribution in [2.45, 2.75) is 0 Å². The summed E-state index contributed by atoms with van der Waals surface area (Å²) in [5.41, 5.74) is 0.556. The highest BCUT2D eigenvalue weighted by atomic mass is 16.1. The van der Waals surface area contributed by atoms with Crippen LogP contribution in [-0.2, 0) is 0 Å². The molecule has 0 aromatic carbocycles. The summed E-state index contributed by atoms with van der Waals surface area (Å²) in [6.07, 6.45) is 7.56. The van der Waals surface area contributed by atoms with Crippen LogP contribution in [-0.4, -0.2) is 24.9 Å². The van der Waals surface area contributed by atoms with Crippen molar-refractivity contribution in [3.63, 3.8) is 0 Å². The lowest BCUT2D eigenvalue weighted by Gasteiger charge is -2.15. The summed E-state index contributed by atoms with van der Waals surface area (Å²) >= 11 is 0. The Bertz CT molecular complexity index is 341. The minimum Gasteiger partial charge on any atom is -0.348 e.